The molecule has 154 valence electrons. The lowest BCUT2D eigenvalue weighted by Crippen LogP contribution is -2.21. The highest BCUT2D eigenvalue weighted by molar-refractivity contribution is 7.16. The third-order valence-electron chi connectivity index (χ3n) is 4.45. The average Bonchev–Trinajstić information content (AvgIpc) is 3.28. The van der Waals surface area contributed by atoms with E-state index < -0.39 is 24.5 Å². The highest BCUT2D eigenvalue weighted by atomic mass is 32.1. The second kappa shape index (κ2) is 8.95. The first-order chi connectivity index (χ1) is 13.9. The molecule has 0 unspecified atom stereocenters. The van der Waals surface area contributed by atoms with Crippen LogP contribution in [-0.4, -0.2) is 38.4 Å². The second-order valence-corrected chi connectivity index (χ2v) is 7.60. The molecule has 1 amide bonds. The van der Waals surface area contributed by atoms with E-state index in [9.17, 15) is 14.4 Å². The fraction of sp³-hybridized carbons (Fsp3) is 0.350. The van der Waals surface area contributed by atoms with Gasteiger partial charge in [0, 0.05) is 11.3 Å². The van der Waals surface area contributed by atoms with Crippen LogP contribution >= 0.6 is 11.3 Å². The van der Waals surface area contributed by atoms with Crippen LogP contribution in [0.2, 0.25) is 0 Å². The highest BCUT2D eigenvalue weighted by Gasteiger charge is 2.22. The molecular weight excluding hydrogens is 398 g/mol. The zero-order valence-electron chi connectivity index (χ0n) is 16.3. The highest BCUT2D eigenvalue weighted by Crippen LogP contribution is 2.33. The molecule has 1 N–H and O–H groups in total. The molecular formula is C20H21NO7S. The molecule has 1 aliphatic heterocycles. The van der Waals surface area contributed by atoms with Crippen molar-refractivity contribution in [2.75, 3.05) is 25.8 Å². The van der Waals surface area contributed by atoms with Gasteiger partial charge in [0.2, 0.25) is 6.79 Å². The van der Waals surface area contributed by atoms with Gasteiger partial charge in [0.25, 0.3) is 5.91 Å². The van der Waals surface area contributed by atoms with Crippen LogP contribution in [0, 0.1) is 13.8 Å². The number of hydrogen-bond acceptors (Lipinski definition) is 8. The summed E-state index contributed by atoms with van der Waals surface area (Å²) in [5, 5.41) is 3.00. The molecule has 0 saturated heterocycles. The molecule has 3 rings (SSSR count). The summed E-state index contributed by atoms with van der Waals surface area (Å²) in [6.07, 6.45) is 0.574. The Hall–Kier alpha value is -3.07. The first-order valence-electron chi connectivity index (χ1n) is 8.91. The molecule has 29 heavy (non-hydrogen) atoms. The topological polar surface area (TPSA) is 100 Å². The third kappa shape index (κ3) is 4.86. The first kappa shape index (κ1) is 20.7. The van der Waals surface area contributed by atoms with Crippen LogP contribution in [-0.2, 0) is 25.5 Å². The number of amides is 1. The Bertz CT molecular complexity index is 951. The van der Waals surface area contributed by atoms with Gasteiger partial charge in [0.15, 0.2) is 18.1 Å². The number of carbonyl (C=O) groups is 3. The monoisotopic (exact) mass is 419 g/mol. The SMILES string of the molecule is COC(=O)c1c(NC(=O)COC(=O)CCc2ccc3c(c2)OCO3)sc(C)c1C. The van der Waals surface area contributed by atoms with Gasteiger partial charge in [0.05, 0.1) is 12.7 Å². The van der Waals surface area contributed by atoms with Crippen molar-refractivity contribution in [2.45, 2.75) is 26.7 Å². The molecule has 2 aromatic rings. The van der Waals surface area contributed by atoms with Gasteiger partial charge >= 0.3 is 11.9 Å². The van der Waals surface area contributed by atoms with Crippen molar-refractivity contribution >= 4 is 34.2 Å². The molecule has 1 aliphatic rings. The number of nitrogens with one attached hydrogen (secondary N) is 1. The van der Waals surface area contributed by atoms with Crippen LogP contribution in [0.1, 0.15) is 32.8 Å². The van der Waals surface area contributed by atoms with Crippen molar-refractivity contribution in [2.24, 2.45) is 0 Å². The number of fused-ring (bicyclic) bond motifs is 1. The first-order valence-corrected chi connectivity index (χ1v) is 9.73. The van der Waals surface area contributed by atoms with Crippen LogP contribution in [0.25, 0.3) is 0 Å². The summed E-state index contributed by atoms with van der Waals surface area (Å²) in [5.41, 5.74) is 1.97. The van der Waals surface area contributed by atoms with E-state index in [-0.39, 0.29) is 13.2 Å². The predicted molar refractivity (Wildman–Crippen MR) is 106 cm³/mol. The molecule has 8 nitrogen and oxygen atoms in total. The number of aryl methyl sites for hydroxylation is 2. The smallest absolute Gasteiger partial charge is 0.341 e. The summed E-state index contributed by atoms with van der Waals surface area (Å²) in [4.78, 5) is 36.9. The predicted octanol–water partition coefficient (Wildman–Crippen LogP) is 2.99. The minimum Gasteiger partial charge on any atom is -0.465 e. The van der Waals surface area contributed by atoms with Crippen LogP contribution < -0.4 is 14.8 Å². The van der Waals surface area contributed by atoms with Crippen molar-refractivity contribution in [1.82, 2.24) is 0 Å². The second-order valence-electron chi connectivity index (χ2n) is 6.38. The molecule has 1 aromatic carbocycles. The zero-order valence-corrected chi connectivity index (χ0v) is 17.1. The van der Waals surface area contributed by atoms with E-state index in [1.54, 1.807) is 13.0 Å². The maximum atomic E-state index is 12.1. The number of ether oxygens (including phenoxy) is 4. The van der Waals surface area contributed by atoms with Gasteiger partial charge < -0.3 is 24.3 Å². The lowest BCUT2D eigenvalue weighted by molar-refractivity contribution is -0.147. The van der Waals surface area contributed by atoms with Crippen molar-refractivity contribution < 1.29 is 33.3 Å². The number of rotatable bonds is 7. The molecule has 0 atom stereocenters. The number of anilines is 1. The summed E-state index contributed by atoms with van der Waals surface area (Å²) in [7, 11) is 1.28. The fourth-order valence-electron chi connectivity index (χ4n) is 2.79. The van der Waals surface area contributed by atoms with Gasteiger partial charge in [-0.25, -0.2) is 4.79 Å². The molecule has 2 heterocycles. The molecule has 1 aromatic heterocycles. The van der Waals surface area contributed by atoms with Gasteiger partial charge in [-0.2, -0.15) is 0 Å². The number of thiophene rings is 1. The van der Waals surface area contributed by atoms with Crippen LogP contribution in [0.15, 0.2) is 18.2 Å². The van der Waals surface area contributed by atoms with E-state index in [2.05, 4.69) is 5.32 Å². The summed E-state index contributed by atoms with van der Waals surface area (Å²) >= 11 is 1.27. The zero-order chi connectivity index (χ0) is 21.0. The fourth-order valence-corrected chi connectivity index (χ4v) is 3.85. The Labute approximate surface area is 171 Å². The Kier molecular flexibility index (Phi) is 6.38. The number of carbonyl (C=O) groups excluding carboxylic acids is 3. The Balaban J connectivity index is 1.49. The Morgan fingerprint density at radius 3 is 2.69 bits per heavy atom. The lowest BCUT2D eigenvalue weighted by Gasteiger charge is -2.07. The lowest BCUT2D eigenvalue weighted by atomic mass is 10.1. The minimum atomic E-state index is -0.525. The van der Waals surface area contributed by atoms with E-state index >= 15 is 0 Å². The maximum Gasteiger partial charge on any atom is 0.341 e. The minimum absolute atomic E-state index is 0.123. The maximum absolute atomic E-state index is 12.1. The summed E-state index contributed by atoms with van der Waals surface area (Å²) in [6, 6.07) is 5.46. The summed E-state index contributed by atoms with van der Waals surface area (Å²) in [6.45, 7) is 3.38. The standard InChI is InChI=1S/C20H21NO7S/c1-11-12(2)29-19(18(11)20(24)25-3)21-16(22)9-26-17(23)7-5-13-4-6-14-15(8-13)28-10-27-14/h4,6,8H,5,7,9-10H2,1-3H3,(H,21,22). The van der Waals surface area contributed by atoms with Gasteiger partial charge in [0.1, 0.15) is 5.00 Å². The van der Waals surface area contributed by atoms with E-state index in [1.165, 1.54) is 18.4 Å². The molecule has 0 saturated carbocycles. The summed E-state index contributed by atoms with van der Waals surface area (Å²) in [5.74, 6) is -0.211. The number of esters is 2. The molecule has 0 fully saturated rings. The van der Waals surface area contributed by atoms with E-state index in [0.29, 0.717) is 28.5 Å². The van der Waals surface area contributed by atoms with E-state index in [4.69, 9.17) is 18.9 Å². The van der Waals surface area contributed by atoms with Crippen LogP contribution in [0.5, 0.6) is 11.5 Å². The van der Waals surface area contributed by atoms with E-state index in [1.807, 2.05) is 19.1 Å². The van der Waals surface area contributed by atoms with E-state index in [0.717, 1.165) is 16.0 Å². The summed E-state index contributed by atoms with van der Waals surface area (Å²) < 4.78 is 20.4. The number of hydrogen-bond donors (Lipinski definition) is 1. The van der Waals surface area contributed by atoms with Gasteiger partial charge in [-0.3, -0.25) is 9.59 Å². The largest absolute Gasteiger partial charge is 0.465 e. The molecule has 9 heteroatoms. The van der Waals surface area contributed by atoms with Crippen molar-refractivity contribution in [3.05, 3.63) is 39.8 Å². The normalized spacial score (nSPS) is 11.8. The molecule has 0 aliphatic carbocycles. The van der Waals surface area contributed by atoms with Crippen molar-refractivity contribution in [1.29, 1.82) is 0 Å². The van der Waals surface area contributed by atoms with Crippen LogP contribution in [0.4, 0.5) is 5.00 Å². The average molecular weight is 419 g/mol. The molecule has 0 radical (unpaired) electrons. The van der Waals surface area contributed by atoms with Crippen molar-refractivity contribution in [3.63, 3.8) is 0 Å². The third-order valence-corrected chi connectivity index (χ3v) is 5.57. The van der Waals surface area contributed by atoms with Gasteiger partial charge in [-0.05, 0) is 43.5 Å². The van der Waals surface area contributed by atoms with Gasteiger partial charge in [-0.15, -0.1) is 11.3 Å². The Morgan fingerprint density at radius 2 is 1.93 bits per heavy atom. The van der Waals surface area contributed by atoms with Crippen LogP contribution in [0.3, 0.4) is 0 Å². The number of methoxy groups -OCH3 is 1. The quantitative estimate of drug-likeness (QED) is 0.689. The Morgan fingerprint density at radius 1 is 1.17 bits per heavy atom. The molecule has 0 spiro atoms. The van der Waals surface area contributed by atoms with Crippen molar-refractivity contribution in [3.8, 4) is 11.5 Å². The number of benzene rings is 1. The van der Waals surface area contributed by atoms with Gasteiger partial charge in [-0.1, -0.05) is 6.07 Å². The molecule has 0 bridgehead atoms.